The molecule has 9 heteroatoms. The lowest BCUT2D eigenvalue weighted by Crippen LogP contribution is -2.11. The molecule has 0 aliphatic carbocycles. The molecule has 0 bridgehead atoms. The predicted molar refractivity (Wildman–Crippen MR) is 87.4 cm³/mol. The van der Waals surface area contributed by atoms with Gasteiger partial charge in [-0.2, -0.15) is 0 Å². The highest BCUT2D eigenvalue weighted by Gasteiger charge is 2.17. The zero-order chi connectivity index (χ0) is 17.1. The Morgan fingerprint density at radius 2 is 2.25 bits per heavy atom. The molecule has 3 rings (SSSR count). The summed E-state index contributed by atoms with van der Waals surface area (Å²) in [6.45, 7) is 0. The van der Waals surface area contributed by atoms with Crippen molar-refractivity contribution in [2.24, 2.45) is 0 Å². The van der Waals surface area contributed by atoms with E-state index < -0.39 is 10.8 Å². The van der Waals surface area contributed by atoms with Crippen LogP contribution in [0.4, 0.5) is 11.4 Å². The Bertz CT molecular complexity index is 888. The first-order chi connectivity index (χ1) is 11.6. The summed E-state index contributed by atoms with van der Waals surface area (Å²) < 4.78 is 10.1. The first-order valence-corrected chi connectivity index (χ1v) is 7.52. The van der Waals surface area contributed by atoms with Gasteiger partial charge in [-0.3, -0.25) is 14.9 Å². The van der Waals surface area contributed by atoms with Gasteiger partial charge in [0.1, 0.15) is 21.9 Å². The molecule has 8 nitrogen and oxygen atoms in total. The lowest BCUT2D eigenvalue weighted by atomic mass is 10.2. The van der Waals surface area contributed by atoms with Crippen LogP contribution in [0.15, 0.2) is 47.4 Å². The maximum atomic E-state index is 12.4. The van der Waals surface area contributed by atoms with Crippen molar-refractivity contribution >= 4 is 28.6 Å². The number of thiazole rings is 1. The normalized spacial score (nSPS) is 10.4. The molecule has 0 radical (unpaired) electrons. The van der Waals surface area contributed by atoms with E-state index in [0.29, 0.717) is 15.6 Å². The topological polar surface area (TPSA) is 108 Å². The number of anilines is 1. The first-order valence-electron chi connectivity index (χ1n) is 6.70. The molecular formula is C15H11N3O5S. The van der Waals surface area contributed by atoms with E-state index in [2.05, 4.69) is 10.3 Å². The number of methoxy groups -OCH3 is 1. The average Bonchev–Trinajstić information content (AvgIpc) is 3.25. The lowest BCUT2D eigenvalue weighted by molar-refractivity contribution is -0.384. The molecule has 2 aromatic heterocycles. The van der Waals surface area contributed by atoms with E-state index in [1.165, 1.54) is 55.4 Å². The largest absolute Gasteiger partial charge is 0.495 e. The molecule has 24 heavy (non-hydrogen) atoms. The number of nitrogens with zero attached hydrogens (tertiary/aromatic N) is 2. The van der Waals surface area contributed by atoms with Crippen LogP contribution in [-0.2, 0) is 0 Å². The molecule has 122 valence electrons. The zero-order valence-electron chi connectivity index (χ0n) is 12.4. The summed E-state index contributed by atoms with van der Waals surface area (Å²) in [6, 6.07) is 5.72. The van der Waals surface area contributed by atoms with Gasteiger partial charge in [0, 0.05) is 17.7 Å². The average molecular weight is 345 g/mol. The monoisotopic (exact) mass is 345 g/mol. The second-order valence-electron chi connectivity index (χ2n) is 4.64. The lowest BCUT2D eigenvalue weighted by Gasteiger charge is -2.08. The number of carbonyl (C=O) groups excluding carboxylic acids is 1. The highest BCUT2D eigenvalue weighted by molar-refractivity contribution is 7.17. The minimum atomic E-state index is -0.543. The maximum Gasteiger partial charge on any atom is 0.271 e. The number of furan rings is 1. The number of non-ortho nitro benzene ring substituents is 1. The second-order valence-corrected chi connectivity index (χ2v) is 5.67. The van der Waals surface area contributed by atoms with Crippen LogP contribution in [0.25, 0.3) is 10.6 Å². The standard InChI is InChI=1S/C15H11N3O5S/c1-22-12-3-2-10(18(20)21)6-11(12)17-14(19)13-7-16-15(24-13)9-4-5-23-8-9/h2-8H,1H3,(H,17,19). The molecule has 0 aliphatic heterocycles. The Morgan fingerprint density at radius 3 is 2.92 bits per heavy atom. The fourth-order valence-corrected chi connectivity index (χ4v) is 2.79. The van der Waals surface area contributed by atoms with Crippen LogP contribution in [0.1, 0.15) is 9.67 Å². The van der Waals surface area contributed by atoms with Gasteiger partial charge in [-0.15, -0.1) is 11.3 Å². The van der Waals surface area contributed by atoms with E-state index in [1.54, 1.807) is 6.07 Å². The molecule has 0 aliphatic rings. The number of hydrogen-bond donors (Lipinski definition) is 1. The first kappa shape index (κ1) is 15.7. The smallest absolute Gasteiger partial charge is 0.271 e. The third-order valence-corrected chi connectivity index (χ3v) is 4.18. The van der Waals surface area contributed by atoms with Gasteiger partial charge in [-0.05, 0) is 12.1 Å². The van der Waals surface area contributed by atoms with Gasteiger partial charge in [-0.1, -0.05) is 0 Å². The van der Waals surface area contributed by atoms with Crippen molar-refractivity contribution in [3.05, 3.63) is 58.0 Å². The number of amides is 1. The van der Waals surface area contributed by atoms with Crippen molar-refractivity contribution in [2.75, 3.05) is 12.4 Å². The molecule has 0 saturated carbocycles. The highest BCUT2D eigenvalue weighted by atomic mass is 32.1. The number of hydrogen-bond acceptors (Lipinski definition) is 7. The van der Waals surface area contributed by atoms with Crippen molar-refractivity contribution in [1.82, 2.24) is 4.98 Å². The van der Waals surface area contributed by atoms with E-state index >= 15 is 0 Å². The Balaban J connectivity index is 1.84. The van der Waals surface area contributed by atoms with Gasteiger partial charge in [0.15, 0.2) is 0 Å². The Hall–Kier alpha value is -3.20. The minimum absolute atomic E-state index is 0.144. The van der Waals surface area contributed by atoms with Crippen molar-refractivity contribution < 1.29 is 18.9 Å². The molecule has 1 aromatic carbocycles. The Kier molecular flexibility index (Phi) is 4.25. The van der Waals surface area contributed by atoms with Crippen LogP contribution in [-0.4, -0.2) is 22.9 Å². The van der Waals surface area contributed by atoms with Crippen molar-refractivity contribution in [2.45, 2.75) is 0 Å². The minimum Gasteiger partial charge on any atom is -0.495 e. The SMILES string of the molecule is COc1ccc([N+](=O)[O-])cc1NC(=O)c1cnc(-c2ccoc2)s1. The summed E-state index contributed by atoms with van der Waals surface area (Å²) >= 11 is 1.18. The van der Waals surface area contributed by atoms with E-state index in [-0.39, 0.29) is 11.4 Å². The Labute approximate surface area is 139 Å². The van der Waals surface area contributed by atoms with Gasteiger partial charge >= 0.3 is 0 Å². The number of benzene rings is 1. The highest BCUT2D eigenvalue weighted by Crippen LogP contribution is 2.30. The summed E-state index contributed by atoms with van der Waals surface area (Å²) in [7, 11) is 1.42. The number of ether oxygens (including phenoxy) is 1. The van der Waals surface area contributed by atoms with Gasteiger partial charge in [0.25, 0.3) is 11.6 Å². The zero-order valence-corrected chi connectivity index (χ0v) is 13.2. The van der Waals surface area contributed by atoms with Crippen LogP contribution in [0.2, 0.25) is 0 Å². The summed E-state index contributed by atoms with van der Waals surface area (Å²) in [6.07, 6.45) is 4.49. The number of nitro benzene ring substituents is 1. The molecule has 0 spiro atoms. The molecule has 3 aromatic rings. The molecule has 1 N–H and O–H groups in total. The summed E-state index contributed by atoms with van der Waals surface area (Å²) in [5, 5.41) is 14.1. The van der Waals surface area contributed by atoms with E-state index in [4.69, 9.17) is 9.15 Å². The quantitative estimate of drug-likeness (QED) is 0.559. The second kappa shape index (κ2) is 6.50. The van der Waals surface area contributed by atoms with E-state index in [1.807, 2.05) is 0 Å². The molecule has 0 unspecified atom stereocenters. The summed E-state index contributed by atoms with van der Waals surface area (Å²) in [5.41, 5.74) is 0.844. The molecule has 0 saturated heterocycles. The molecule has 2 heterocycles. The fraction of sp³-hybridized carbons (Fsp3) is 0.0667. The van der Waals surface area contributed by atoms with E-state index in [0.717, 1.165) is 5.56 Å². The summed E-state index contributed by atoms with van der Waals surface area (Å²) in [4.78, 5) is 27.2. The number of carbonyl (C=O) groups is 1. The van der Waals surface area contributed by atoms with Crippen LogP contribution < -0.4 is 10.1 Å². The van der Waals surface area contributed by atoms with Crippen molar-refractivity contribution in [1.29, 1.82) is 0 Å². The molecule has 0 fully saturated rings. The number of nitrogens with one attached hydrogen (secondary N) is 1. The van der Waals surface area contributed by atoms with Crippen LogP contribution in [0, 0.1) is 10.1 Å². The number of aromatic nitrogens is 1. The molecule has 1 amide bonds. The van der Waals surface area contributed by atoms with Crippen LogP contribution in [0.3, 0.4) is 0 Å². The van der Waals surface area contributed by atoms with Crippen LogP contribution >= 0.6 is 11.3 Å². The third kappa shape index (κ3) is 3.10. The number of rotatable bonds is 5. The molecular weight excluding hydrogens is 334 g/mol. The fourth-order valence-electron chi connectivity index (χ4n) is 1.99. The van der Waals surface area contributed by atoms with Gasteiger partial charge in [-0.25, -0.2) is 4.98 Å². The van der Waals surface area contributed by atoms with Gasteiger partial charge in [0.2, 0.25) is 0 Å². The number of nitro groups is 1. The maximum absolute atomic E-state index is 12.4. The molecule has 0 atom stereocenters. The van der Waals surface area contributed by atoms with Crippen molar-refractivity contribution in [3.63, 3.8) is 0 Å². The van der Waals surface area contributed by atoms with Crippen LogP contribution in [0.5, 0.6) is 5.75 Å². The van der Waals surface area contributed by atoms with Crippen molar-refractivity contribution in [3.8, 4) is 16.3 Å². The van der Waals surface area contributed by atoms with Gasteiger partial charge < -0.3 is 14.5 Å². The third-order valence-electron chi connectivity index (χ3n) is 3.14. The van der Waals surface area contributed by atoms with E-state index in [9.17, 15) is 14.9 Å². The predicted octanol–water partition coefficient (Wildman–Crippen LogP) is 3.57. The van der Waals surface area contributed by atoms with Gasteiger partial charge in [0.05, 0.1) is 30.2 Å². The Morgan fingerprint density at radius 1 is 1.42 bits per heavy atom. The summed E-state index contributed by atoms with van der Waals surface area (Å²) in [5.74, 6) is -0.102.